The molecule has 6 nitrogen and oxygen atoms in total. The molecule has 0 aromatic carbocycles. The van der Waals surface area contributed by atoms with E-state index >= 15 is 0 Å². The number of esters is 3. The maximum atomic E-state index is 12.9. The van der Waals surface area contributed by atoms with Crippen molar-refractivity contribution in [1.29, 1.82) is 0 Å². The number of hydrogen-bond acceptors (Lipinski definition) is 6. The van der Waals surface area contributed by atoms with Crippen LogP contribution in [0, 0.1) is 0 Å². The molecule has 83 heavy (non-hydrogen) atoms. The topological polar surface area (TPSA) is 78.9 Å². The lowest BCUT2D eigenvalue weighted by molar-refractivity contribution is -0.167. The van der Waals surface area contributed by atoms with Crippen molar-refractivity contribution in [3.8, 4) is 0 Å². The highest BCUT2D eigenvalue weighted by Gasteiger charge is 2.19. The smallest absolute Gasteiger partial charge is 0.306 e. The zero-order valence-corrected chi connectivity index (χ0v) is 54.9. The highest BCUT2D eigenvalue weighted by atomic mass is 16.6. The van der Waals surface area contributed by atoms with Crippen molar-refractivity contribution in [2.24, 2.45) is 0 Å². The minimum atomic E-state index is -0.781. The molecule has 6 heteroatoms. The van der Waals surface area contributed by atoms with Gasteiger partial charge in [0.1, 0.15) is 13.2 Å². The Balaban J connectivity index is 4.15. The van der Waals surface area contributed by atoms with E-state index < -0.39 is 6.10 Å². The molecular weight excluding hydrogens is 1020 g/mol. The first-order valence-corrected chi connectivity index (χ1v) is 35.7. The van der Waals surface area contributed by atoms with E-state index in [0.29, 0.717) is 19.3 Å². The van der Waals surface area contributed by atoms with Gasteiger partial charge in [-0.3, -0.25) is 14.4 Å². The molecule has 1 atom stereocenters. The van der Waals surface area contributed by atoms with Crippen molar-refractivity contribution < 1.29 is 28.6 Å². The molecule has 0 rings (SSSR count). The van der Waals surface area contributed by atoms with E-state index in [0.717, 1.165) is 122 Å². The number of hydrogen-bond donors (Lipinski definition) is 0. The first kappa shape index (κ1) is 79.3. The summed E-state index contributed by atoms with van der Waals surface area (Å²) in [5, 5.41) is 0. The third-order valence-electron chi connectivity index (χ3n) is 15.6. The van der Waals surface area contributed by atoms with E-state index in [-0.39, 0.29) is 31.1 Å². The summed E-state index contributed by atoms with van der Waals surface area (Å²) in [6.07, 6.45) is 96.0. The van der Waals surface area contributed by atoms with Gasteiger partial charge >= 0.3 is 17.9 Å². The van der Waals surface area contributed by atoms with Crippen LogP contribution >= 0.6 is 0 Å². The molecule has 0 N–H and O–H groups in total. The lowest BCUT2D eigenvalue weighted by atomic mass is 10.0. The Hall–Kier alpha value is -3.67. The van der Waals surface area contributed by atoms with Gasteiger partial charge in [0.25, 0.3) is 0 Å². The monoisotopic (exact) mass is 1160 g/mol. The lowest BCUT2D eigenvalue weighted by Gasteiger charge is -2.18. The van der Waals surface area contributed by atoms with E-state index in [1.165, 1.54) is 193 Å². The normalized spacial score (nSPS) is 12.7. The zero-order chi connectivity index (χ0) is 59.9. The third kappa shape index (κ3) is 69.0. The largest absolute Gasteiger partial charge is 0.462 e. The van der Waals surface area contributed by atoms with Crippen LogP contribution in [0.1, 0.15) is 355 Å². The average molecular weight is 1160 g/mol. The van der Waals surface area contributed by atoms with E-state index in [2.05, 4.69) is 118 Å². The number of unbranched alkanes of at least 4 members (excludes halogenated alkanes) is 38. The molecular formula is C77H134O6. The fourth-order valence-corrected chi connectivity index (χ4v) is 10.3. The second-order valence-electron chi connectivity index (χ2n) is 23.8. The van der Waals surface area contributed by atoms with Gasteiger partial charge in [-0.1, -0.05) is 349 Å². The van der Waals surface area contributed by atoms with E-state index in [1.807, 2.05) is 0 Å². The molecule has 0 saturated carbocycles. The maximum Gasteiger partial charge on any atom is 0.306 e. The minimum absolute atomic E-state index is 0.0780. The minimum Gasteiger partial charge on any atom is -0.462 e. The summed E-state index contributed by atoms with van der Waals surface area (Å²) in [6.45, 7) is 6.53. The average Bonchev–Trinajstić information content (AvgIpc) is 3.49. The Bertz CT molecular complexity index is 1610. The van der Waals surface area contributed by atoms with Crippen molar-refractivity contribution in [3.63, 3.8) is 0 Å². The van der Waals surface area contributed by atoms with Gasteiger partial charge in [-0.2, -0.15) is 0 Å². The summed E-state index contributed by atoms with van der Waals surface area (Å²) in [5.74, 6) is -0.881. The van der Waals surface area contributed by atoms with Crippen molar-refractivity contribution in [2.45, 2.75) is 361 Å². The highest BCUT2D eigenvalue weighted by molar-refractivity contribution is 5.71. The molecule has 0 aromatic heterocycles. The molecule has 0 bridgehead atoms. The molecule has 0 aliphatic rings. The molecule has 0 fully saturated rings. The molecule has 0 spiro atoms. The summed E-state index contributed by atoms with van der Waals surface area (Å²) in [6, 6.07) is 0. The number of rotatable bonds is 65. The SMILES string of the molecule is CC/C=C\C/C=C\C/C=C\C/C=C\C/C=C\C/C=C\C/C=C\C/C=C\CCCCCCCCC(=O)OCC(COC(=O)CCCCCCCCCC)OC(=O)CCCCCCCCCCCCCCCCCCCCCCCCCCCC. The van der Waals surface area contributed by atoms with Crippen LogP contribution in [0.2, 0.25) is 0 Å². The Morgan fingerprint density at radius 1 is 0.253 bits per heavy atom. The summed E-state index contributed by atoms with van der Waals surface area (Å²) < 4.78 is 16.9. The second-order valence-corrected chi connectivity index (χ2v) is 23.8. The molecule has 1 unspecified atom stereocenters. The summed E-state index contributed by atoms with van der Waals surface area (Å²) in [5.41, 5.74) is 0. The van der Waals surface area contributed by atoms with Crippen LogP contribution in [0.5, 0.6) is 0 Å². The van der Waals surface area contributed by atoms with E-state index in [1.54, 1.807) is 0 Å². The quantitative estimate of drug-likeness (QED) is 0.0261. The Morgan fingerprint density at radius 2 is 0.470 bits per heavy atom. The van der Waals surface area contributed by atoms with Gasteiger partial charge in [0, 0.05) is 19.3 Å². The van der Waals surface area contributed by atoms with Crippen molar-refractivity contribution in [2.75, 3.05) is 13.2 Å². The Kier molecular flexibility index (Phi) is 67.7. The Labute approximate surface area is 515 Å². The van der Waals surface area contributed by atoms with E-state index in [4.69, 9.17) is 14.2 Å². The fraction of sp³-hybridized carbons (Fsp3) is 0.753. The van der Waals surface area contributed by atoms with Crippen LogP contribution in [-0.4, -0.2) is 37.2 Å². The molecule has 0 heterocycles. The summed E-state index contributed by atoms with van der Waals surface area (Å²) >= 11 is 0. The second kappa shape index (κ2) is 70.8. The molecule has 0 amide bonds. The van der Waals surface area contributed by atoms with Crippen LogP contribution in [-0.2, 0) is 28.6 Å². The van der Waals surface area contributed by atoms with Crippen LogP contribution < -0.4 is 0 Å². The van der Waals surface area contributed by atoms with Crippen LogP contribution in [0.15, 0.2) is 97.2 Å². The lowest BCUT2D eigenvalue weighted by Crippen LogP contribution is -2.30. The van der Waals surface area contributed by atoms with Gasteiger partial charge < -0.3 is 14.2 Å². The first-order valence-electron chi connectivity index (χ1n) is 35.7. The van der Waals surface area contributed by atoms with Crippen LogP contribution in [0.3, 0.4) is 0 Å². The van der Waals surface area contributed by atoms with Crippen LogP contribution in [0.4, 0.5) is 0 Å². The zero-order valence-electron chi connectivity index (χ0n) is 54.9. The maximum absolute atomic E-state index is 12.9. The summed E-state index contributed by atoms with van der Waals surface area (Å²) in [4.78, 5) is 38.3. The number of ether oxygens (including phenoxy) is 3. The molecule has 0 aliphatic carbocycles. The highest BCUT2D eigenvalue weighted by Crippen LogP contribution is 2.18. The predicted molar refractivity (Wildman–Crippen MR) is 362 cm³/mol. The standard InChI is InChI=1S/C77H134O6/c1-4-7-10-13-16-19-21-23-25-27-29-31-33-35-37-38-39-40-41-43-44-46-48-50-52-54-56-58-61-64-67-70-76(79)82-73-74(72-81-75(78)69-66-63-60-18-15-12-9-6-3)83-77(80)71-68-65-62-59-57-55-53-51-49-47-45-42-36-34-32-30-28-26-24-22-20-17-14-11-8-5-2/h7,10,16,19,23,25,29,31,35,37,39-40,43-44,48,50,74H,4-6,8-9,11-15,17-18,20-22,24,26-28,30,32-34,36,38,41-42,45-47,49,51-73H2,1-3H3/b10-7-,19-16-,25-23-,31-29-,37-35-,40-39-,44-43-,50-48-. The molecule has 0 aliphatic heterocycles. The number of carbonyl (C=O) groups excluding carboxylic acids is 3. The van der Waals surface area contributed by atoms with Crippen molar-refractivity contribution >= 4 is 17.9 Å². The third-order valence-corrected chi connectivity index (χ3v) is 15.6. The fourth-order valence-electron chi connectivity index (χ4n) is 10.3. The van der Waals surface area contributed by atoms with E-state index in [9.17, 15) is 14.4 Å². The summed E-state index contributed by atoms with van der Waals surface area (Å²) in [7, 11) is 0. The van der Waals surface area contributed by atoms with Gasteiger partial charge in [-0.15, -0.1) is 0 Å². The molecule has 0 radical (unpaired) electrons. The van der Waals surface area contributed by atoms with Crippen LogP contribution in [0.25, 0.3) is 0 Å². The van der Waals surface area contributed by atoms with Gasteiger partial charge in [-0.05, 0) is 83.5 Å². The van der Waals surface area contributed by atoms with Gasteiger partial charge in [0.2, 0.25) is 0 Å². The first-order chi connectivity index (χ1) is 41.0. The van der Waals surface area contributed by atoms with Gasteiger partial charge in [-0.25, -0.2) is 0 Å². The van der Waals surface area contributed by atoms with Gasteiger partial charge in [0.05, 0.1) is 0 Å². The predicted octanol–water partition coefficient (Wildman–Crippen LogP) is 24.8. The van der Waals surface area contributed by atoms with Gasteiger partial charge in [0.15, 0.2) is 6.10 Å². The van der Waals surface area contributed by atoms with Crippen molar-refractivity contribution in [1.82, 2.24) is 0 Å². The molecule has 0 aromatic rings. The molecule has 478 valence electrons. The number of carbonyl (C=O) groups is 3. The van der Waals surface area contributed by atoms with Crippen molar-refractivity contribution in [3.05, 3.63) is 97.2 Å². The number of allylic oxidation sites excluding steroid dienone is 16. The molecule has 0 saturated heterocycles. The Morgan fingerprint density at radius 3 is 0.735 bits per heavy atom.